The minimum Gasteiger partial charge on any atom is -0.300 e. The molecule has 1 saturated heterocycles. The highest BCUT2D eigenvalue weighted by Crippen LogP contribution is 2.27. The zero-order valence-electron chi connectivity index (χ0n) is 14.8. The molecule has 0 amide bonds. The van der Waals surface area contributed by atoms with E-state index in [-0.39, 0.29) is 0 Å². The third-order valence-electron chi connectivity index (χ3n) is 5.19. The second-order valence-corrected chi connectivity index (χ2v) is 6.77. The number of nitrogens with zero attached hydrogens (tertiary/aromatic N) is 1. The highest BCUT2D eigenvalue weighted by atomic mass is 15.2. The van der Waals surface area contributed by atoms with E-state index in [1.54, 1.807) is 0 Å². The molecular weight excluding hydrogens is 242 g/mol. The molecule has 0 aromatic carbocycles. The maximum Gasteiger partial charge on any atom is 0.00927 e. The van der Waals surface area contributed by atoms with Gasteiger partial charge in [-0.3, -0.25) is 0 Å². The Morgan fingerprint density at radius 2 is 1.50 bits per heavy atom. The van der Waals surface area contributed by atoms with Crippen LogP contribution in [0.5, 0.6) is 0 Å². The lowest BCUT2D eigenvalue weighted by molar-refractivity contribution is 0.103. The lowest BCUT2D eigenvalue weighted by atomic mass is 9.85. The van der Waals surface area contributed by atoms with Gasteiger partial charge in [-0.2, -0.15) is 0 Å². The fourth-order valence-electron chi connectivity index (χ4n) is 3.28. The van der Waals surface area contributed by atoms with Crippen LogP contribution in [0, 0.1) is 17.8 Å². The summed E-state index contributed by atoms with van der Waals surface area (Å²) in [7, 11) is 0. The highest BCUT2D eigenvalue weighted by Gasteiger charge is 2.25. The van der Waals surface area contributed by atoms with Gasteiger partial charge >= 0.3 is 0 Å². The van der Waals surface area contributed by atoms with Crippen molar-refractivity contribution in [2.75, 3.05) is 13.1 Å². The van der Waals surface area contributed by atoms with Gasteiger partial charge in [0.1, 0.15) is 0 Å². The summed E-state index contributed by atoms with van der Waals surface area (Å²) < 4.78 is 0. The predicted octanol–water partition coefficient (Wildman–Crippen LogP) is 5.76. The quantitative estimate of drug-likeness (QED) is 0.536. The highest BCUT2D eigenvalue weighted by molar-refractivity contribution is 4.79. The van der Waals surface area contributed by atoms with Gasteiger partial charge in [0.25, 0.3) is 0 Å². The average molecular weight is 282 g/mol. The van der Waals surface area contributed by atoms with E-state index in [2.05, 4.69) is 52.7 Å². The van der Waals surface area contributed by atoms with Crippen molar-refractivity contribution in [2.24, 2.45) is 17.8 Å². The van der Waals surface area contributed by atoms with Crippen LogP contribution < -0.4 is 0 Å². The average Bonchev–Trinajstić information content (AvgIpc) is 2.50. The molecule has 0 aromatic rings. The van der Waals surface area contributed by atoms with E-state index in [4.69, 9.17) is 0 Å². The molecule has 0 N–H and O–H groups in total. The molecule has 0 aromatic heterocycles. The van der Waals surface area contributed by atoms with Gasteiger partial charge in [-0.1, -0.05) is 41.0 Å². The molecule has 1 nitrogen and oxygen atoms in total. The molecule has 0 spiro atoms. The number of likely N-dealkylation sites (tertiary alicyclic amines) is 1. The Labute approximate surface area is 128 Å². The van der Waals surface area contributed by atoms with Gasteiger partial charge in [0.2, 0.25) is 0 Å². The molecule has 0 aliphatic carbocycles. The molecule has 1 heterocycles. The van der Waals surface area contributed by atoms with Crippen LogP contribution in [0.4, 0.5) is 0 Å². The SMILES string of the molecule is C=C.CCC(C)CCC(CC)N1CCC(C(C)C)CC1. The standard InChI is InChI=1S/C17H35N.C2H4/c1-6-15(5)8-9-17(7-2)18-12-10-16(11-13-18)14(3)4;1-2/h14-17H,6-13H2,1-5H3;1-2H2. The minimum absolute atomic E-state index is 0.854. The van der Waals surface area contributed by atoms with Crippen molar-refractivity contribution >= 4 is 0 Å². The normalized spacial score (nSPS) is 20.3. The smallest absolute Gasteiger partial charge is 0.00927 e. The van der Waals surface area contributed by atoms with Gasteiger partial charge in [-0.25, -0.2) is 0 Å². The summed E-state index contributed by atoms with van der Waals surface area (Å²) >= 11 is 0. The van der Waals surface area contributed by atoms with E-state index < -0.39 is 0 Å². The van der Waals surface area contributed by atoms with Crippen LogP contribution in [-0.4, -0.2) is 24.0 Å². The van der Waals surface area contributed by atoms with E-state index in [0.717, 1.165) is 23.8 Å². The van der Waals surface area contributed by atoms with Crippen molar-refractivity contribution < 1.29 is 0 Å². The van der Waals surface area contributed by atoms with E-state index in [1.807, 2.05) is 0 Å². The van der Waals surface area contributed by atoms with Gasteiger partial charge in [0, 0.05) is 6.04 Å². The molecule has 2 atom stereocenters. The third-order valence-corrected chi connectivity index (χ3v) is 5.19. The summed E-state index contributed by atoms with van der Waals surface area (Å²) in [5.41, 5.74) is 0. The molecule has 0 saturated carbocycles. The van der Waals surface area contributed by atoms with Crippen LogP contribution in [0.1, 0.15) is 73.1 Å². The number of hydrogen-bond donors (Lipinski definition) is 0. The van der Waals surface area contributed by atoms with E-state index in [9.17, 15) is 0 Å². The summed E-state index contributed by atoms with van der Waals surface area (Å²) in [6, 6.07) is 0.854. The molecule has 1 aliphatic rings. The molecule has 1 heteroatoms. The van der Waals surface area contributed by atoms with Gasteiger partial charge in [0.15, 0.2) is 0 Å². The van der Waals surface area contributed by atoms with Crippen LogP contribution in [0.3, 0.4) is 0 Å². The molecule has 1 aliphatic heterocycles. The van der Waals surface area contributed by atoms with Gasteiger partial charge in [0.05, 0.1) is 0 Å². The van der Waals surface area contributed by atoms with Crippen molar-refractivity contribution in [3.63, 3.8) is 0 Å². The Bertz CT molecular complexity index is 216. The van der Waals surface area contributed by atoms with Crippen LogP contribution >= 0.6 is 0 Å². The van der Waals surface area contributed by atoms with Crippen molar-refractivity contribution in [3.05, 3.63) is 13.2 Å². The van der Waals surface area contributed by atoms with E-state index in [1.165, 1.54) is 51.6 Å². The van der Waals surface area contributed by atoms with Gasteiger partial charge in [-0.15, -0.1) is 13.2 Å². The molecule has 0 bridgehead atoms. The van der Waals surface area contributed by atoms with Crippen LogP contribution in [0.25, 0.3) is 0 Å². The Hall–Kier alpha value is -0.300. The molecule has 1 fully saturated rings. The zero-order chi connectivity index (χ0) is 15.5. The second kappa shape index (κ2) is 11.4. The number of piperidine rings is 1. The van der Waals surface area contributed by atoms with Crippen molar-refractivity contribution in [3.8, 4) is 0 Å². The fraction of sp³-hybridized carbons (Fsp3) is 0.895. The fourth-order valence-corrected chi connectivity index (χ4v) is 3.28. The first-order valence-electron chi connectivity index (χ1n) is 8.82. The summed E-state index contributed by atoms with van der Waals surface area (Å²) in [5, 5.41) is 0. The Kier molecular flexibility index (Phi) is 11.2. The molecule has 0 radical (unpaired) electrons. The largest absolute Gasteiger partial charge is 0.300 e. The predicted molar refractivity (Wildman–Crippen MR) is 93.2 cm³/mol. The summed E-state index contributed by atoms with van der Waals surface area (Å²) in [6.45, 7) is 20.6. The maximum atomic E-state index is 3.00. The molecule has 120 valence electrons. The maximum absolute atomic E-state index is 3.00. The third kappa shape index (κ3) is 6.92. The summed E-state index contributed by atoms with van der Waals surface area (Å²) in [4.78, 5) is 2.78. The monoisotopic (exact) mass is 281 g/mol. The molecular formula is C19H39N. The second-order valence-electron chi connectivity index (χ2n) is 6.77. The molecule has 1 rings (SSSR count). The first-order valence-corrected chi connectivity index (χ1v) is 8.82. The molecule has 2 unspecified atom stereocenters. The molecule has 20 heavy (non-hydrogen) atoms. The van der Waals surface area contributed by atoms with Crippen LogP contribution in [0.15, 0.2) is 13.2 Å². The number of hydrogen-bond acceptors (Lipinski definition) is 1. The van der Waals surface area contributed by atoms with Gasteiger partial charge < -0.3 is 4.90 Å². The van der Waals surface area contributed by atoms with Crippen LogP contribution in [0.2, 0.25) is 0 Å². The van der Waals surface area contributed by atoms with Crippen LogP contribution in [-0.2, 0) is 0 Å². The van der Waals surface area contributed by atoms with Crippen molar-refractivity contribution in [1.29, 1.82) is 0 Å². The number of rotatable bonds is 7. The lowest BCUT2D eigenvalue weighted by Gasteiger charge is -2.39. The summed E-state index contributed by atoms with van der Waals surface area (Å²) in [6.07, 6.45) is 8.36. The Balaban J connectivity index is 0.00000172. The Morgan fingerprint density at radius 3 is 1.90 bits per heavy atom. The lowest BCUT2D eigenvalue weighted by Crippen LogP contribution is -2.42. The van der Waals surface area contributed by atoms with Crippen molar-refractivity contribution in [1.82, 2.24) is 4.90 Å². The summed E-state index contributed by atoms with van der Waals surface area (Å²) in [5.74, 6) is 2.77. The van der Waals surface area contributed by atoms with E-state index >= 15 is 0 Å². The zero-order valence-corrected chi connectivity index (χ0v) is 14.8. The minimum atomic E-state index is 0.854. The topological polar surface area (TPSA) is 3.24 Å². The van der Waals surface area contributed by atoms with Gasteiger partial charge in [-0.05, 0) is 62.9 Å². The van der Waals surface area contributed by atoms with E-state index in [0.29, 0.717) is 0 Å². The van der Waals surface area contributed by atoms with Crippen molar-refractivity contribution in [2.45, 2.75) is 79.2 Å². The Morgan fingerprint density at radius 1 is 0.950 bits per heavy atom. The first-order chi connectivity index (χ1) is 9.58. The first kappa shape index (κ1) is 19.7.